The molecule has 0 aromatic carbocycles. The zero-order valence-electron chi connectivity index (χ0n) is 8.28. The van der Waals surface area contributed by atoms with Crippen molar-refractivity contribution >= 4 is 11.9 Å². The number of carbonyl (C=O) groups excluding carboxylic acids is 1. The number of hydrogen-bond acceptors (Lipinski definition) is 3. The molecule has 3 aliphatic rings. The van der Waals surface area contributed by atoms with Crippen LogP contribution in [0, 0.1) is 0 Å². The van der Waals surface area contributed by atoms with Gasteiger partial charge in [0.05, 0.1) is 6.04 Å². The number of aliphatic carboxylic acids is 1. The van der Waals surface area contributed by atoms with E-state index in [-0.39, 0.29) is 18.0 Å². The Morgan fingerprint density at radius 2 is 2.21 bits per heavy atom. The fraction of sp³-hybridized carbons (Fsp3) is 0.778. The van der Waals surface area contributed by atoms with Crippen LogP contribution in [0.15, 0.2) is 0 Å². The molecule has 5 heteroatoms. The lowest BCUT2D eigenvalue weighted by atomic mass is 9.86. The molecule has 2 bridgehead atoms. The van der Waals surface area contributed by atoms with Crippen LogP contribution in [-0.4, -0.2) is 46.1 Å². The number of amides is 1. The molecule has 0 aliphatic carbocycles. The highest BCUT2D eigenvalue weighted by molar-refractivity contribution is 5.91. The summed E-state index contributed by atoms with van der Waals surface area (Å²) in [7, 11) is 0. The largest absolute Gasteiger partial charge is 0.480 e. The van der Waals surface area contributed by atoms with Crippen molar-refractivity contribution in [3.63, 3.8) is 0 Å². The van der Waals surface area contributed by atoms with Crippen LogP contribution < -0.4 is 5.32 Å². The molecule has 3 saturated heterocycles. The highest BCUT2D eigenvalue weighted by Gasteiger charge is 2.50. The van der Waals surface area contributed by atoms with Crippen molar-refractivity contribution in [3.8, 4) is 0 Å². The van der Waals surface area contributed by atoms with Gasteiger partial charge in [0.15, 0.2) is 0 Å². The Morgan fingerprint density at radius 3 is 2.64 bits per heavy atom. The van der Waals surface area contributed by atoms with Gasteiger partial charge >= 0.3 is 5.97 Å². The first-order valence-corrected chi connectivity index (χ1v) is 4.74. The topological polar surface area (TPSA) is 69.6 Å². The lowest BCUT2D eigenvalue weighted by Crippen LogP contribution is -2.74. The smallest absolute Gasteiger partial charge is 0.329 e. The number of carboxylic acids is 1. The molecule has 3 heterocycles. The monoisotopic (exact) mass is 198 g/mol. The first-order valence-electron chi connectivity index (χ1n) is 4.74. The molecule has 0 radical (unpaired) electrons. The van der Waals surface area contributed by atoms with Crippen LogP contribution in [0.1, 0.15) is 20.3 Å². The Balaban J connectivity index is 2.19. The Labute approximate surface area is 82.1 Å². The summed E-state index contributed by atoms with van der Waals surface area (Å²) in [5.74, 6) is -1.04. The Hall–Kier alpha value is -1.10. The fourth-order valence-corrected chi connectivity index (χ4v) is 1.96. The lowest BCUT2D eigenvalue weighted by Gasteiger charge is -2.51. The van der Waals surface area contributed by atoms with E-state index in [0.29, 0.717) is 6.54 Å². The first kappa shape index (κ1) is 9.45. The fourth-order valence-electron chi connectivity index (χ4n) is 1.96. The van der Waals surface area contributed by atoms with E-state index >= 15 is 0 Å². The molecule has 3 fully saturated rings. The third-order valence-electron chi connectivity index (χ3n) is 3.12. The first-order chi connectivity index (χ1) is 6.43. The molecule has 0 spiro atoms. The second-order valence-corrected chi connectivity index (χ2v) is 4.46. The van der Waals surface area contributed by atoms with Crippen LogP contribution in [0.5, 0.6) is 0 Å². The number of rotatable bonds is 2. The normalized spacial score (nSPS) is 31.3. The Kier molecular flexibility index (Phi) is 1.82. The van der Waals surface area contributed by atoms with Gasteiger partial charge in [0.25, 0.3) is 0 Å². The van der Waals surface area contributed by atoms with Crippen molar-refractivity contribution < 1.29 is 14.7 Å². The van der Waals surface area contributed by atoms with E-state index < -0.39 is 11.5 Å². The maximum absolute atomic E-state index is 11.7. The summed E-state index contributed by atoms with van der Waals surface area (Å²) >= 11 is 0. The van der Waals surface area contributed by atoms with Crippen LogP contribution in [0.2, 0.25) is 0 Å². The van der Waals surface area contributed by atoms with Crippen molar-refractivity contribution in [1.29, 1.82) is 0 Å². The quantitative estimate of drug-likeness (QED) is 0.623. The van der Waals surface area contributed by atoms with Gasteiger partial charge in [-0.25, -0.2) is 4.79 Å². The molecule has 2 unspecified atom stereocenters. The van der Waals surface area contributed by atoms with Crippen LogP contribution in [0.25, 0.3) is 0 Å². The van der Waals surface area contributed by atoms with Crippen LogP contribution in [0.3, 0.4) is 0 Å². The molecule has 0 aromatic rings. The van der Waals surface area contributed by atoms with Crippen LogP contribution in [-0.2, 0) is 9.59 Å². The number of nitrogens with one attached hydrogen (secondary N) is 1. The Morgan fingerprint density at radius 1 is 1.64 bits per heavy atom. The summed E-state index contributed by atoms with van der Waals surface area (Å²) in [4.78, 5) is 24.2. The standard InChI is InChI=1S/C9H14N2O3/c1-9(2,8(13)14)11-4-5-3-6(10-5)7(11)12/h5-6,10H,3-4H2,1-2H3,(H,13,14). The highest BCUT2D eigenvalue weighted by Crippen LogP contribution is 2.28. The van der Waals surface area contributed by atoms with Gasteiger partial charge in [-0.15, -0.1) is 0 Å². The van der Waals surface area contributed by atoms with E-state index in [4.69, 9.17) is 5.11 Å². The van der Waals surface area contributed by atoms with Crippen molar-refractivity contribution in [2.45, 2.75) is 37.9 Å². The average molecular weight is 198 g/mol. The van der Waals surface area contributed by atoms with Crippen molar-refractivity contribution in [3.05, 3.63) is 0 Å². The van der Waals surface area contributed by atoms with Gasteiger partial charge in [-0.05, 0) is 20.3 Å². The summed E-state index contributed by atoms with van der Waals surface area (Å²) < 4.78 is 0. The molecule has 0 saturated carbocycles. The second-order valence-electron chi connectivity index (χ2n) is 4.46. The summed E-state index contributed by atoms with van der Waals surface area (Å²) in [6, 6.07) is 0.142. The van der Waals surface area contributed by atoms with Crippen molar-refractivity contribution in [1.82, 2.24) is 10.2 Å². The third-order valence-corrected chi connectivity index (χ3v) is 3.12. The number of piperidine rings is 1. The van der Waals surface area contributed by atoms with E-state index in [1.54, 1.807) is 13.8 Å². The number of carbonyl (C=O) groups is 2. The van der Waals surface area contributed by atoms with Crippen molar-refractivity contribution in [2.24, 2.45) is 0 Å². The lowest BCUT2D eigenvalue weighted by molar-refractivity contribution is -0.164. The molecule has 2 atom stereocenters. The van der Waals surface area contributed by atoms with Crippen molar-refractivity contribution in [2.75, 3.05) is 6.54 Å². The minimum atomic E-state index is -1.09. The number of fused-ring (bicyclic) bond motifs is 2. The molecule has 2 N–H and O–H groups in total. The van der Waals surface area contributed by atoms with Gasteiger partial charge in [0.1, 0.15) is 5.54 Å². The van der Waals surface area contributed by atoms with Gasteiger partial charge in [0.2, 0.25) is 5.91 Å². The van der Waals surface area contributed by atoms with Gasteiger partial charge < -0.3 is 15.3 Å². The van der Waals surface area contributed by atoms with E-state index in [2.05, 4.69) is 5.32 Å². The Bertz CT molecular complexity index is 294. The predicted octanol–water partition coefficient (Wildman–Crippen LogP) is -0.578. The van der Waals surface area contributed by atoms with Gasteiger partial charge in [-0.2, -0.15) is 0 Å². The predicted molar refractivity (Wildman–Crippen MR) is 48.8 cm³/mol. The number of nitrogens with zero attached hydrogens (tertiary/aromatic N) is 1. The number of piperazine rings is 1. The van der Waals surface area contributed by atoms with Crippen LogP contribution >= 0.6 is 0 Å². The minimum absolute atomic E-state index is 0.0834. The molecular formula is C9H14N2O3. The molecular weight excluding hydrogens is 184 g/mol. The number of carboxylic acid groups (broad SMARTS) is 1. The maximum Gasteiger partial charge on any atom is 0.329 e. The maximum atomic E-state index is 11.7. The van der Waals surface area contributed by atoms with Gasteiger partial charge in [-0.3, -0.25) is 4.79 Å². The molecule has 1 amide bonds. The molecule has 3 aliphatic heterocycles. The van der Waals surface area contributed by atoms with E-state index in [1.165, 1.54) is 4.90 Å². The highest BCUT2D eigenvalue weighted by atomic mass is 16.4. The molecule has 3 rings (SSSR count). The zero-order chi connectivity index (χ0) is 10.5. The molecule has 14 heavy (non-hydrogen) atoms. The summed E-state index contributed by atoms with van der Waals surface area (Å²) in [6.07, 6.45) is 0.852. The number of hydrogen-bond donors (Lipinski definition) is 2. The SMILES string of the molecule is CC(C)(C(=O)O)N1CC2CC(N2)C1=O. The summed E-state index contributed by atoms with van der Waals surface area (Å²) in [5, 5.41) is 12.1. The molecule has 78 valence electrons. The zero-order valence-corrected chi connectivity index (χ0v) is 8.28. The van der Waals surface area contributed by atoms with E-state index in [9.17, 15) is 9.59 Å². The second kappa shape index (κ2) is 2.70. The molecule has 5 nitrogen and oxygen atoms in total. The van der Waals surface area contributed by atoms with E-state index in [0.717, 1.165) is 6.42 Å². The molecule has 0 aromatic heterocycles. The summed E-state index contributed by atoms with van der Waals surface area (Å²) in [5.41, 5.74) is -1.09. The third kappa shape index (κ3) is 1.12. The van der Waals surface area contributed by atoms with Gasteiger partial charge in [0, 0.05) is 12.6 Å². The van der Waals surface area contributed by atoms with E-state index in [1.807, 2.05) is 0 Å². The minimum Gasteiger partial charge on any atom is -0.480 e. The van der Waals surface area contributed by atoms with Gasteiger partial charge in [-0.1, -0.05) is 0 Å². The van der Waals surface area contributed by atoms with Crippen LogP contribution in [0.4, 0.5) is 0 Å². The summed E-state index contributed by atoms with van der Waals surface area (Å²) in [6.45, 7) is 3.64. The average Bonchev–Trinajstić information content (AvgIpc) is 2.01.